The van der Waals surface area contributed by atoms with Gasteiger partial charge >= 0.3 is 0 Å². The maximum Gasteiger partial charge on any atom is 0.285 e. The number of nitrogens with zero attached hydrogens (tertiary/aromatic N) is 2. The molecule has 1 fully saturated rings. The molecule has 4 rings (SSSR count). The number of rotatable bonds is 2. The van der Waals surface area contributed by atoms with Gasteiger partial charge in [0.1, 0.15) is 10.7 Å². The van der Waals surface area contributed by atoms with Crippen LogP contribution in [0.5, 0.6) is 0 Å². The van der Waals surface area contributed by atoms with Gasteiger partial charge in [-0.2, -0.15) is 8.42 Å². The average molecular weight is 422 g/mol. The van der Waals surface area contributed by atoms with E-state index in [2.05, 4.69) is 9.71 Å². The molecular formula is C19H17ClFN3O3S. The second-order valence-corrected chi connectivity index (χ2v) is 8.77. The highest BCUT2D eigenvalue weighted by Crippen LogP contribution is 2.30. The van der Waals surface area contributed by atoms with Crippen LogP contribution in [-0.4, -0.2) is 38.2 Å². The summed E-state index contributed by atoms with van der Waals surface area (Å²) in [6.07, 6.45) is 1.03. The van der Waals surface area contributed by atoms with Crippen LogP contribution in [0, 0.1) is 11.7 Å². The van der Waals surface area contributed by atoms with Gasteiger partial charge in [-0.25, -0.2) is 4.39 Å². The number of nitrogens with one attached hydrogen (secondary N) is 1. The summed E-state index contributed by atoms with van der Waals surface area (Å²) in [4.78, 5) is 14.6. The number of carbonyl (C=O) groups excluding carboxylic acids is 1. The van der Waals surface area contributed by atoms with Crippen molar-refractivity contribution in [1.29, 1.82) is 0 Å². The number of hydrogen-bond acceptors (Lipinski definition) is 4. The summed E-state index contributed by atoms with van der Waals surface area (Å²) < 4.78 is 42.2. The Bertz CT molecular complexity index is 1080. The van der Waals surface area contributed by atoms with Gasteiger partial charge < -0.3 is 10.2 Å². The second-order valence-electron chi connectivity index (χ2n) is 6.76. The Balaban J connectivity index is 1.43. The van der Waals surface area contributed by atoms with Gasteiger partial charge in [0.15, 0.2) is 5.84 Å². The Morgan fingerprint density at radius 1 is 1.18 bits per heavy atom. The molecule has 0 bridgehead atoms. The molecular weight excluding hydrogens is 405 g/mol. The lowest BCUT2D eigenvalue weighted by Gasteiger charge is -2.32. The number of amidine groups is 1. The second kappa shape index (κ2) is 7.18. The monoisotopic (exact) mass is 421 g/mol. The molecule has 0 saturated carbocycles. The summed E-state index contributed by atoms with van der Waals surface area (Å²) in [5.41, 5.74) is 0.686. The van der Waals surface area contributed by atoms with Gasteiger partial charge in [0.05, 0.1) is 5.69 Å². The van der Waals surface area contributed by atoms with Crippen LogP contribution in [0.4, 0.5) is 10.1 Å². The van der Waals surface area contributed by atoms with E-state index in [1.807, 2.05) is 4.90 Å². The fraction of sp³-hybridized carbons (Fsp3) is 0.263. The molecule has 2 heterocycles. The van der Waals surface area contributed by atoms with Crippen molar-refractivity contribution in [1.82, 2.24) is 4.90 Å². The normalized spacial score (nSPS) is 18.5. The maximum absolute atomic E-state index is 13.9. The number of likely N-dealkylation sites (tertiary alicyclic amines) is 1. The van der Waals surface area contributed by atoms with Crippen LogP contribution < -0.4 is 5.32 Å². The topological polar surface area (TPSA) is 78.8 Å². The highest BCUT2D eigenvalue weighted by atomic mass is 35.5. The minimum Gasteiger partial charge on any atom is -0.355 e. The summed E-state index contributed by atoms with van der Waals surface area (Å²) >= 11 is 5.72. The molecule has 1 amide bonds. The van der Waals surface area contributed by atoms with Crippen molar-refractivity contribution in [3.63, 3.8) is 0 Å². The van der Waals surface area contributed by atoms with Crippen LogP contribution in [0.2, 0.25) is 5.02 Å². The molecule has 0 radical (unpaired) electrons. The molecule has 28 heavy (non-hydrogen) atoms. The molecule has 1 N–H and O–H groups in total. The highest BCUT2D eigenvalue weighted by Gasteiger charge is 2.34. The van der Waals surface area contributed by atoms with E-state index in [1.165, 1.54) is 12.1 Å². The SMILES string of the molecule is O=C(Nc1ccc(Cl)cc1F)C1CCN(C2=NS(=O)(=O)c3ccccc32)CC1. The van der Waals surface area contributed by atoms with Gasteiger partial charge in [-0.15, -0.1) is 4.40 Å². The van der Waals surface area contributed by atoms with Crippen molar-refractivity contribution in [2.45, 2.75) is 17.7 Å². The Kier molecular flexibility index (Phi) is 4.84. The number of fused-ring (bicyclic) bond motifs is 1. The van der Waals surface area contributed by atoms with Gasteiger partial charge in [-0.05, 0) is 43.2 Å². The third-order valence-corrected chi connectivity index (χ3v) is 6.53. The molecule has 0 spiro atoms. The van der Waals surface area contributed by atoms with E-state index in [-0.39, 0.29) is 27.4 Å². The summed E-state index contributed by atoms with van der Waals surface area (Å²) in [6.45, 7) is 0.980. The first-order valence-corrected chi connectivity index (χ1v) is 10.6. The van der Waals surface area contributed by atoms with E-state index < -0.39 is 15.8 Å². The van der Waals surface area contributed by atoms with E-state index in [4.69, 9.17) is 11.6 Å². The van der Waals surface area contributed by atoms with Gasteiger partial charge in [0.25, 0.3) is 10.0 Å². The van der Waals surface area contributed by atoms with E-state index in [9.17, 15) is 17.6 Å². The number of piperidine rings is 1. The molecule has 2 aliphatic rings. The van der Waals surface area contributed by atoms with E-state index in [0.717, 1.165) is 6.07 Å². The molecule has 0 aliphatic carbocycles. The smallest absolute Gasteiger partial charge is 0.285 e. The first kappa shape index (κ1) is 18.9. The number of sulfonamides is 1. The summed E-state index contributed by atoms with van der Waals surface area (Å²) in [7, 11) is -3.67. The lowest BCUT2D eigenvalue weighted by atomic mass is 9.95. The molecule has 2 aliphatic heterocycles. The van der Waals surface area contributed by atoms with E-state index in [1.54, 1.807) is 24.3 Å². The minimum absolute atomic E-state index is 0.0945. The number of halogens is 2. The lowest BCUT2D eigenvalue weighted by molar-refractivity contribution is -0.121. The van der Waals surface area contributed by atoms with Crippen LogP contribution in [0.25, 0.3) is 0 Å². The molecule has 1 saturated heterocycles. The minimum atomic E-state index is -3.67. The molecule has 9 heteroatoms. The van der Waals surface area contributed by atoms with Crippen molar-refractivity contribution >= 4 is 39.1 Å². The Morgan fingerprint density at radius 2 is 1.89 bits per heavy atom. The third kappa shape index (κ3) is 3.49. The standard InChI is InChI=1S/C19H17ClFN3O3S/c20-13-5-6-16(15(21)11-13)22-19(25)12-7-9-24(10-8-12)18-14-3-1-2-4-17(14)28(26,27)23-18/h1-6,11-12H,7-10H2,(H,22,25). The summed E-state index contributed by atoms with van der Waals surface area (Å²) in [5, 5.41) is 2.86. The van der Waals surface area contributed by atoms with Crippen LogP contribution in [0.3, 0.4) is 0 Å². The van der Waals surface area contributed by atoms with Crippen molar-refractivity contribution in [3.8, 4) is 0 Å². The fourth-order valence-corrected chi connectivity index (χ4v) is 4.88. The summed E-state index contributed by atoms with van der Waals surface area (Å²) in [5.74, 6) is -0.707. The predicted molar refractivity (Wildman–Crippen MR) is 105 cm³/mol. The van der Waals surface area contributed by atoms with Crippen LogP contribution in [0.1, 0.15) is 18.4 Å². The summed E-state index contributed by atoms with van der Waals surface area (Å²) in [6, 6.07) is 10.8. The molecule has 2 aromatic carbocycles. The zero-order chi connectivity index (χ0) is 19.9. The predicted octanol–water partition coefficient (Wildman–Crippen LogP) is 3.28. The number of anilines is 1. The van der Waals surface area contributed by atoms with Crippen LogP contribution in [-0.2, 0) is 14.8 Å². The molecule has 0 atom stereocenters. The van der Waals surface area contributed by atoms with Gasteiger partial charge in [-0.1, -0.05) is 23.7 Å². The molecule has 0 unspecified atom stereocenters. The first-order chi connectivity index (χ1) is 13.3. The van der Waals surface area contributed by atoms with Crippen molar-refractivity contribution < 1.29 is 17.6 Å². The number of carbonyl (C=O) groups is 1. The Labute approximate surface area is 167 Å². The molecule has 146 valence electrons. The Morgan fingerprint density at radius 3 is 2.61 bits per heavy atom. The van der Waals surface area contributed by atoms with Crippen molar-refractivity contribution in [2.75, 3.05) is 18.4 Å². The number of benzene rings is 2. The van der Waals surface area contributed by atoms with Crippen LogP contribution >= 0.6 is 11.6 Å². The van der Waals surface area contributed by atoms with Gasteiger partial charge in [0, 0.05) is 29.6 Å². The quantitative estimate of drug-likeness (QED) is 0.807. The zero-order valence-corrected chi connectivity index (χ0v) is 16.3. The van der Waals surface area contributed by atoms with Crippen molar-refractivity contribution in [2.24, 2.45) is 10.3 Å². The Hall–Kier alpha value is -2.45. The maximum atomic E-state index is 13.9. The average Bonchev–Trinajstić information content (AvgIpc) is 2.96. The van der Waals surface area contributed by atoms with E-state index >= 15 is 0 Å². The number of hydrogen-bond donors (Lipinski definition) is 1. The van der Waals surface area contributed by atoms with E-state index in [0.29, 0.717) is 37.3 Å². The largest absolute Gasteiger partial charge is 0.355 e. The molecule has 0 aromatic heterocycles. The highest BCUT2D eigenvalue weighted by molar-refractivity contribution is 7.90. The zero-order valence-electron chi connectivity index (χ0n) is 14.7. The van der Waals surface area contributed by atoms with Crippen molar-refractivity contribution in [3.05, 3.63) is 58.9 Å². The molecule has 2 aromatic rings. The van der Waals surface area contributed by atoms with Gasteiger partial charge in [-0.3, -0.25) is 4.79 Å². The van der Waals surface area contributed by atoms with Crippen LogP contribution in [0.15, 0.2) is 51.8 Å². The molecule has 6 nitrogen and oxygen atoms in total. The third-order valence-electron chi connectivity index (χ3n) is 4.97. The number of amides is 1. The lowest BCUT2D eigenvalue weighted by Crippen LogP contribution is -2.41. The first-order valence-electron chi connectivity index (χ1n) is 8.80. The van der Waals surface area contributed by atoms with Gasteiger partial charge in [0.2, 0.25) is 5.91 Å². The fourth-order valence-electron chi connectivity index (χ4n) is 3.50.